The zero-order chi connectivity index (χ0) is 14.9. The standard InChI is InChI=1S/C17H27ClN2/c1-12(13-9-10-13)20(5)16-8-6-7-15(18)14(16)11-19-17(2,3)4/h6-8,12-13,19H,9-11H2,1-5H3. The van der Waals surface area contributed by atoms with Crippen molar-refractivity contribution in [2.45, 2.75) is 58.7 Å². The number of hydrogen-bond donors (Lipinski definition) is 1. The van der Waals surface area contributed by atoms with Crippen LogP contribution in [0.1, 0.15) is 46.1 Å². The maximum atomic E-state index is 6.44. The third-order valence-electron chi connectivity index (χ3n) is 4.18. The van der Waals surface area contributed by atoms with Crippen LogP contribution in [-0.2, 0) is 6.54 Å². The van der Waals surface area contributed by atoms with Crippen molar-refractivity contribution in [3.63, 3.8) is 0 Å². The molecule has 20 heavy (non-hydrogen) atoms. The van der Waals surface area contributed by atoms with Crippen LogP contribution in [0.25, 0.3) is 0 Å². The van der Waals surface area contributed by atoms with Gasteiger partial charge in [0.05, 0.1) is 0 Å². The number of nitrogens with zero attached hydrogens (tertiary/aromatic N) is 1. The van der Waals surface area contributed by atoms with E-state index in [1.54, 1.807) is 0 Å². The number of hydrogen-bond acceptors (Lipinski definition) is 2. The van der Waals surface area contributed by atoms with E-state index in [-0.39, 0.29) is 5.54 Å². The van der Waals surface area contributed by atoms with E-state index in [1.807, 2.05) is 12.1 Å². The smallest absolute Gasteiger partial charge is 0.0471 e. The molecular formula is C17H27ClN2. The van der Waals surface area contributed by atoms with Crippen LogP contribution in [0.2, 0.25) is 5.02 Å². The van der Waals surface area contributed by atoms with E-state index in [4.69, 9.17) is 11.6 Å². The van der Waals surface area contributed by atoms with Crippen LogP contribution in [0.5, 0.6) is 0 Å². The van der Waals surface area contributed by atoms with E-state index in [0.717, 1.165) is 17.5 Å². The normalized spacial score (nSPS) is 17.1. The Hall–Kier alpha value is -0.730. The van der Waals surface area contributed by atoms with Gasteiger partial charge in [-0.15, -0.1) is 0 Å². The fraction of sp³-hybridized carbons (Fsp3) is 0.647. The number of anilines is 1. The third-order valence-corrected chi connectivity index (χ3v) is 4.54. The molecule has 0 aliphatic heterocycles. The second-order valence-corrected chi connectivity index (χ2v) is 7.44. The van der Waals surface area contributed by atoms with Gasteiger partial charge >= 0.3 is 0 Å². The van der Waals surface area contributed by atoms with Crippen LogP contribution in [0, 0.1) is 5.92 Å². The third kappa shape index (κ3) is 3.89. The lowest BCUT2D eigenvalue weighted by Gasteiger charge is -2.31. The van der Waals surface area contributed by atoms with Gasteiger partial charge in [-0.1, -0.05) is 17.7 Å². The van der Waals surface area contributed by atoms with Crippen molar-refractivity contribution in [1.82, 2.24) is 5.32 Å². The summed E-state index contributed by atoms with van der Waals surface area (Å²) < 4.78 is 0. The fourth-order valence-corrected chi connectivity index (χ4v) is 2.76. The maximum Gasteiger partial charge on any atom is 0.0471 e. The van der Waals surface area contributed by atoms with E-state index >= 15 is 0 Å². The molecule has 3 heteroatoms. The summed E-state index contributed by atoms with van der Waals surface area (Å²) in [6.45, 7) is 9.67. The van der Waals surface area contributed by atoms with Crippen LogP contribution in [0.4, 0.5) is 5.69 Å². The Kier molecular flexibility index (Phi) is 4.66. The minimum absolute atomic E-state index is 0.0944. The molecule has 1 unspecified atom stereocenters. The Morgan fingerprint density at radius 3 is 2.55 bits per heavy atom. The number of rotatable bonds is 5. The predicted octanol–water partition coefficient (Wildman–Crippen LogP) is 4.46. The van der Waals surface area contributed by atoms with E-state index in [9.17, 15) is 0 Å². The summed E-state index contributed by atoms with van der Waals surface area (Å²) >= 11 is 6.44. The van der Waals surface area contributed by atoms with Crippen molar-refractivity contribution in [2.24, 2.45) is 5.92 Å². The second kappa shape index (κ2) is 5.95. The predicted molar refractivity (Wildman–Crippen MR) is 88.6 cm³/mol. The van der Waals surface area contributed by atoms with E-state index in [2.05, 4.69) is 51.0 Å². The highest BCUT2D eigenvalue weighted by Gasteiger charge is 2.31. The highest BCUT2D eigenvalue weighted by atomic mass is 35.5. The van der Waals surface area contributed by atoms with Crippen molar-refractivity contribution in [2.75, 3.05) is 11.9 Å². The molecule has 1 atom stereocenters. The first-order valence-electron chi connectivity index (χ1n) is 7.55. The Balaban J connectivity index is 2.20. The van der Waals surface area contributed by atoms with Crippen molar-refractivity contribution < 1.29 is 0 Å². The van der Waals surface area contributed by atoms with Crippen LogP contribution in [0.3, 0.4) is 0 Å². The molecule has 0 bridgehead atoms. The zero-order valence-electron chi connectivity index (χ0n) is 13.3. The minimum Gasteiger partial charge on any atom is -0.371 e. The Bertz CT molecular complexity index is 461. The lowest BCUT2D eigenvalue weighted by atomic mass is 10.1. The van der Waals surface area contributed by atoms with Crippen LogP contribution in [0.15, 0.2) is 18.2 Å². The summed E-state index contributed by atoms with van der Waals surface area (Å²) in [5.74, 6) is 0.849. The van der Waals surface area contributed by atoms with Crippen molar-refractivity contribution >= 4 is 17.3 Å². The second-order valence-electron chi connectivity index (χ2n) is 7.03. The molecule has 0 heterocycles. The van der Waals surface area contributed by atoms with Crippen LogP contribution >= 0.6 is 11.6 Å². The monoisotopic (exact) mass is 294 g/mol. The summed E-state index contributed by atoms with van der Waals surface area (Å²) in [6, 6.07) is 6.81. The van der Waals surface area contributed by atoms with Gasteiger partial charge in [-0.2, -0.15) is 0 Å². The Morgan fingerprint density at radius 1 is 1.35 bits per heavy atom. The molecule has 0 radical (unpaired) electrons. The molecule has 0 amide bonds. The molecule has 1 aliphatic rings. The van der Waals surface area contributed by atoms with Gasteiger partial charge in [0, 0.05) is 41.4 Å². The maximum absolute atomic E-state index is 6.44. The van der Waals surface area contributed by atoms with Gasteiger partial charge < -0.3 is 10.2 Å². The molecular weight excluding hydrogens is 268 g/mol. The van der Waals surface area contributed by atoms with Gasteiger partial charge in [0.25, 0.3) is 0 Å². The Labute approximate surface area is 128 Å². The van der Waals surface area contributed by atoms with E-state index in [1.165, 1.54) is 24.1 Å². The van der Waals surface area contributed by atoms with Gasteiger partial charge in [-0.25, -0.2) is 0 Å². The first kappa shape index (κ1) is 15.7. The number of nitrogens with one attached hydrogen (secondary N) is 1. The van der Waals surface area contributed by atoms with Gasteiger partial charge in [0.15, 0.2) is 0 Å². The fourth-order valence-electron chi connectivity index (χ4n) is 2.52. The van der Waals surface area contributed by atoms with E-state index in [0.29, 0.717) is 6.04 Å². The number of halogens is 1. The molecule has 1 saturated carbocycles. The number of benzene rings is 1. The average molecular weight is 295 g/mol. The van der Waals surface area contributed by atoms with Gasteiger partial charge in [-0.3, -0.25) is 0 Å². The zero-order valence-corrected chi connectivity index (χ0v) is 14.1. The Morgan fingerprint density at radius 2 is 2.00 bits per heavy atom. The topological polar surface area (TPSA) is 15.3 Å². The molecule has 1 fully saturated rings. The summed E-state index contributed by atoms with van der Waals surface area (Å²) in [4.78, 5) is 2.39. The SMILES string of the molecule is CC(C1CC1)N(C)c1cccc(Cl)c1CNC(C)(C)C. The van der Waals surface area contributed by atoms with E-state index < -0.39 is 0 Å². The minimum atomic E-state index is 0.0944. The van der Waals surface area contributed by atoms with Gasteiger partial charge in [-0.05, 0) is 58.6 Å². The molecule has 1 aromatic carbocycles. The summed E-state index contributed by atoms with van der Waals surface area (Å²) in [7, 11) is 2.19. The van der Waals surface area contributed by atoms with Gasteiger partial charge in [0.1, 0.15) is 0 Å². The molecule has 1 N–H and O–H groups in total. The van der Waals surface area contributed by atoms with Crippen molar-refractivity contribution in [3.8, 4) is 0 Å². The van der Waals surface area contributed by atoms with Crippen molar-refractivity contribution in [3.05, 3.63) is 28.8 Å². The first-order chi connectivity index (χ1) is 9.29. The molecule has 1 aromatic rings. The molecule has 0 aromatic heterocycles. The summed E-state index contributed by atoms with van der Waals surface area (Å²) in [5.41, 5.74) is 2.56. The first-order valence-corrected chi connectivity index (χ1v) is 7.92. The average Bonchev–Trinajstić information content (AvgIpc) is 3.18. The quantitative estimate of drug-likeness (QED) is 0.862. The summed E-state index contributed by atoms with van der Waals surface area (Å²) in [6.07, 6.45) is 2.73. The van der Waals surface area contributed by atoms with Crippen LogP contribution in [-0.4, -0.2) is 18.6 Å². The van der Waals surface area contributed by atoms with Crippen LogP contribution < -0.4 is 10.2 Å². The largest absolute Gasteiger partial charge is 0.371 e. The molecule has 112 valence electrons. The highest BCUT2D eigenvalue weighted by molar-refractivity contribution is 6.31. The lowest BCUT2D eigenvalue weighted by Crippen LogP contribution is -2.36. The molecule has 0 saturated heterocycles. The molecule has 1 aliphatic carbocycles. The van der Waals surface area contributed by atoms with Gasteiger partial charge in [0.2, 0.25) is 0 Å². The van der Waals surface area contributed by atoms with Crippen molar-refractivity contribution in [1.29, 1.82) is 0 Å². The molecule has 2 rings (SSSR count). The lowest BCUT2D eigenvalue weighted by molar-refractivity contribution is 0.424. The highest BCUT2D eigenvalue weighted by Crippen LogP contribution is 2.38. The molecule has 2 nitrogen and oxygen atoms in total. The molecule has 0 spiro atoms. The summed E-state index contributed by atoms with van der Waals surface area (Å²) in [5, 5.41) is 4.40.